The predicted molar refractivity (Wildman–Crippen MR) is 141 cm³/mol. The van der Waals surface area contributed by atoms with Gasteiger partial charge in [0.2, 0.25) is 0 Å². The number of hydrogen-bond acceptors (Lipinski definition) is 2. The van der Waals surface area contributed by atoms with E-state index in [9.17, 15) is 8.92 Å². The van der Waals surface area contributed by atoms with Gasteiger partial charge in [0.25, 0.3) is 0 Å². The molecule has 1 radical (unpaired) electrons. The molecule has 0 unspecified atom stereocenters. The van der Waals surface area contributed by atoms with Crippen molar-refractivity contribution in [2.24, 2.45) is 0 Å². The van der Waals surface area contributed by atoms with Crippen molar-refractivity contribution >= 4 is 39.2 Å². The van der Waals surface area contributed by atoms with Gasteiger partial charge in [0.1, 0.15) is 0 Å². The van der Waals surface area contributed by atoms with Gasteiger partial charge in [-0.05, 0) is 41.3 Å². The molecule has 4 rings (SSSR count). The largest absolute Gasteiger partial charge is 0.390 e. The van der Waals surface area contributed by atoms with E-state index in [4.69, 9.17) is 0 Å². The van der Waals surface area contributed by atoms with E-state index in [1.807, 2.05) is 0 Å². The van der Waals surface area contributed by atoms with Crippen molar-refractivity contribution in [1.29, 1.82) is 0 Å². The molecule has 0 heterocycles. The van der Waals surface area contributed by atoms with Gasteiger partial charge < -0.3 is 18.1 Å². The van der Waals surface area contributed by atoms with Gasteiger partial charge in [-0.3, -0.25) is 0 Å². The Hall–Kier alpha value is -1.84. The molecule has 0 saturated carbocycles. The van der Waals surface area contributed by atoms with Gasteiger partial charge in [-0.1, -0.05) is 26.0 Å². The normalized spacial score (nSPS) is 9.21. The SMILES string of the molecule is CN(C)[Si](C)=O.CN(C)[Si](C)=O.Cc1cc2ccccc2[cH-]1.Cc1cc2ccccc2[cH-]1.[Sc]. The molecule has 175 valence electrons. The van der Waals surface area contributed by atoms with Crippen molar-refractivity contribution in [2.75, 3.05) is 28.2 Å². The molecule has 4 aromatic rings. The van der Waals surface area contributed by atoms with Crippen LogP contribution < -0.4 is 0 Å². The van der Waals surface area contributed by atoms with E-state index in [2.05, 4.69) is 86.6 Å². The summed E-state index contributed by atoms with van der Waals surface area (Å²) < 4.78 is 23.9. The van der Waals surface area contributed by atoms with Crippen molar-refractivity contribution in [3.05, 3.63) is 83.9 Å². The Morgan fingerprint density at radius 2 is 0.909 bits per heavy atom. The maximum Gasteiger partial charge on any atom is 0.390 e. The van der Waals surface area contributed by atoms with Gasteiger partial charge in [0, 0.05) is 25.8 Å². The molecule has 4 aromatic carbocycles. The zero-order valence-electron chi connectivity index (χ0n) is 21.2. The average Bonchev–Trinajstić information content (AvgIpc) is 3.29. The third-order valence-corrected chi connectivity index (χ3v) is 7.30. The molecule has 0 N–H and O–H groups in total. The first-order valence-electron chi connectivity index (χ1n) is 10.6. The molecule has 0 fully saturated rings. The minimum atomic E-state index is -1.37. The van der Waals surface area contributed by atoms with Crippen LogP contribution in [-0.4, -0.2) is 55.0 Å². The standard InChI is InChI=1S/2C10H9.2C3H9NOSi.Sc/c2*1-8-6-9-4-2-3-5-10(9)7-8;2*1-4(2)6(3)5;/h2*2-7H,1H3;2*1-3H3;/q2*-1;;;. The Bertz CT molecular complexity index is 977. The quantitative estimate of drug-likeness (QED) is 0.248. The minimum Gasteiger partial charge on any atom is -0.383 e. The molecular weight excluding hydrogens is 473 g/mol. The van der Waals surface area contributed by atoms with Crippen LogP contribution in [0.3, 0.4) is 0 Å². The Kier molecular flexibility index (Phi) is 15.0. The van der Waals surface area contributed by atoms with Gasteiger partial charge in [0.05, 0.1) is 0 Å². The molecular formula is C26H36N2O2ScSi2-2. The summed E-state index contributed by atoms with van der Waals surface area (Å²) in [7, 11) is 4.49. The number of nitrogens with zero attached hydrogens (tertiary/aromatic N) is 2. The second-order valence-electron chi connectivity index (χ2n) is 8.15. The summed E-state index contributed by atoms with van der Waals surface area (Å²) in [4.78, 5) is 0. The molecule has 0 aliphatic heterocycles. The van der Waals surface area contributed by atoms with E-state index in [0.717, 1.165) is 0 Å². The van der Waals surface area contributed by atoms with Gasteiger partial charge in [-0.25, -0.2) is 0 Å². The van der Waals surface area contributed by atoms with Crippen LogP contribution >= 0.6 is 0 Å². The van der Waals surface area contributed by atoms with E-state index >= 15 is 0 Å². The summed E-state index contributed by atoms with van der Waals surface area (Å²) in [5.74, 6) is 0. The van der Waals surface area contributed by atoms with E-state index in [0.29, 0.717) is 0 Å². The molecule has 0 bridgehead atoms. The van der Waals surface area contributed by atoms with Crippen LogP contribution in [0.5, 0.6) is 0 Å². The van der Waals surface area contributed by atoms with Crippen LogP contribution in [0.2, 0.25) is 13.1 Å². The summed E-state index contributed by atoms with van der Waals surface area (Å²) in [5.41, 5.74) is 2.70. The average molecular weight is 510 g/mol. The number of fused-ring (bicyclic) bond motifs is 2. The van der Waals surface area contributed by atoms with Crippen molar-refractivity contribution in [3.8, 4) is 0 Å². The Morgan fingerprint density at radius 3 is 1.15 bits per heavy atom. The second kappa shape index (κ2) is 15.9. The summed E-state index contributed by atoms with van der Waals surface area (Å²) in [5, 5.41) is 5.39. The van der Waals surface area contributed by atoms with Crippen LogP contribution in [0.25, 0.3) is 21.5 Å². The summed E-state index contributed by atoms with van der Waals surface area (Å²) in [6, 6.07) is 25.7. The third kappa shape index (κ3) is 12.3. The molecule has 0 aliphatic rings. The van der Waals surface area contributed by atoms with Gasteiger partial charge in [-0.15, -0.1) is 81.2 Å². The molecule has 0 saturated heterocycles. The maximum absolute atomic E-state index is 10.3. The van der Waals surface area contributed by atoms with Crippen LogP contribution in [0, 0.1) is 13.8 Å². The molecule has 4 nitrogen and oxygen atoms in total. The first-order chi connectivity index (χ1) is 15.0. The molecule has 7 heteroatoms. The van der Waals surface area contributed by atoms with Gasteiger partial charge in [-0.2, -0.15) is 12.1 Å². The predicted octanol–water partition coefficient (Wildman–Crippen LogP) is 5.92. The molecule has 0 aliphatic carbocycles. The van der Waals surface area contributed by atoms with Crippen molar-refractivity contribution in [1.82, 2.24) is 9.13 Å². The smallest absolute Gasteiger partial charge is 0.383 e. The van der Waals surface area contributed by atoms with Crippen LogP contribution in [0.4, 0.5) is 0 Å². The Balaban J connectivity index is 0.000000425. The van der Waals surface area contributed by atoms with E-state index in [1.54, 1.807) is 50.4 Å². The molecule has 0 spiro atoms. The maximum atomic E-state index is 10.3. The van der Waals surface area contributed by atoms with E-state index in [-0.39, 0.29) is 25.8 Å². The van der Waals surface area contributed by atoms with E-state index < -0.39 is 17.7 Å². The van der Waals surface area contributed by atoms with Crippen molar-refractivity contribution in [3.63, 3.8) is 0 Å². The van der Waals surface area contributed by atoms with Crippen LogP contribution in [-0.2, 0) is 34.8 Å². The first-order valence-corrected chi connectivity index (χ1v) is 14.3. The zero-order valence-corrected chi connectivity index (χ0v) is 25.0. The fourth-order valence-electron chi connectivity index (χ4n) is 2.61. The number of benzene rings is 2. The molecule has 0 aromatic heterocycles. The Labute approximate surface area is 221 Å². The molecule has 0 amide bonds. The monoisotopic (exact) mass is 509 g/mol. The minimum absolute atomic E-state index is 0. The molecule has 0 atom stereocenters. The summed E-state index contributed by atoms with van der Waals surface area (Å²) in [6.45, 7) is 7.68. The fraction of sp³-hybridized carbons (Fsp3) is 0.308. The van der Waals surface area contributed by atoms with Crippen molar-refractivity contribution in [2.45, 2.75) is 26.9 Å². The fourth-order valence-corrected chi connectivity index (χ4v) is 2.61. The van der Waals surface area contributed by atoms with E-state index in [1.165, 1.54) is 32.7 Å². The number of aryl methyl sites for hydroxylation is 2. The van der Waals surface area contributed by atoms with Crippen LogP contribution in [0.15, 0.2) is 72.8 Å². The Morgan fingerprint density at radius 1 is 0.636 bits per heavy atom. The summed E-state index contributed by atoms with van der Waals surface area (Å²) >= 11 is 0. The summed E-state index contributed by atoms with van der Waals surface area (Å²) in [6.07, 6.45) is 0. The zero-order chi connectivity index (χ0) is 24.3. The van der Waals surface area contributed by atoms with Crippen molar-refractivity contribution < 1.29 is 34.8 Å². The first kappa shape index (κ1) is 31.2. The van der Waals surface area contributed by atoms with Crippen LogP contribution in [0.1, 0.15) is 11.1 Å². The van der Waals surface area contributed by atoms with Gasteiger partial charge in [0.15, 0.2) is 0 Å². The molecule has 33 heavy (non-hydrogen) atoms. The second-order valence-corrected chi connectivity index (χ2v) is 12.0. The third-order valence-electron chi connectivity index (χ3n) is 4.78. The number of rotatable bonds is 2. The van der Waals surface area contributed by atoms with Gasteiger partial charge >= 0.3 is 17.7 Å². The topological polar surface area (TPSA) is 40.6 Å². The number of hydrogen-bond donors (Lipinski definition) is 0.